The van der Waals surface area contributed by atoms with Crippen molar-refractivity contribution >= 4 is 16.1 Å². The molecule has 0 aromatic heterocycles. The first-order chi connectivity index (χ1) is 10.9. The lowest BCUT2D eigenvalue weighted by atomic mass is 10.1. The summed E-state index contributed by atoms with van der Waals surface area (Å²) < 4.78 is 39.7. The third-order valence-corrected chi connectivity index (χ3v) is 4.64. The number of carbonyl (C=O) groups is 1. The van der Waals surface area contributed by atoms with Crippen molar-refractivity contribution in [2.45, 2.75) is 26.2 Å². The van der Waals surface area contributed by atoms with Crippen LogP contribution in [0.2, 0.25) is 0 Å². The number of hydrogen-bond acceptors (Lipinski definition) is 4. The smallest absolute Gasteiger partial charge is 0.302 e. The van der Waals surface area contributed by atoms with Crippen molar-refractivity contribution in [2.24, 2.45) is 5.92 Å². The van der Waals surface area contributed by atoms with Crippen LogP contribution in [0.3, 0.4) is 0 Å². The molecule has 2 rings (SSSR count). The van der Waals surface area contributed by atoms with Crippen molar-refractivity contribution in [1.29, 1.82) is 0 Å². The maximum Gasteiger partial charge on any atom is 0.302 e. The van der Waals surface area contributed by atoms with Gasteiger partial charge in [-0.2, -0.15) is 8.42 Å². The number of halogens is 1. The summed E-state index contributed by atoms with van der Waals surface area (Å²) in [6.45, 7) is 3.50. The summed E-state index contributed by atoms with van der Waals surface area (Å²) in [5.74, 6) is -0.331. The lowest BCUT2D eigenvalue weighted by Gasteiger charge is -2.16. The molecule has 1 aromatic rings. The normalized spacial score (nSPS) is 18.4. The van der Waals surface area contributed by atoms with Crippen LogP contribution in [0.15, 0.2) is 24.3 Å². The zero-order valence-corrected chi connectivity index (χ0v) is 14.0. The standard InChI is InChI=1S/C16H22FNO4S/c1-2-8-22-15-5-3-4-13(9-15)6-7-18-11-14(10-16(18)19)12-23(17,20)21/h3-5,9,14H,2,6-8,10-12H2,1H3. The van der Waals surface area contributed by atoms with E-state index in [9.17, 15) is 17.1 Å². The Hall–Kier alpha value is -1.63. The molecule has 23 heavy (non-hydrogen) atoms. The largest absolute Gasteiger partial charge is 0.494 e. The van der Waals surface area contributed by atoms with Crippen LogP contribution in [0, 0.1) is 5.92 Å². The molecule has 1 saturated heterocycles. The van der Waals surface area contributed by atoms with Gasteiger partial charge >= 0.3 is 10.2 Å². The van der Waals surface area contributed by atoms with Crippen molar-refractivity contribution < 1.29 is 21.8 Å². The predicted molar refractivity (Wildman–Crippen MR) is 85.5 cm³/mol. The van der Waals surface area contributed by atoms with Gasteiger partial charge in [0.25, 0.3) is 0 Å². The number of likely N-dealkylation sites (tertiary alicyclic amines) is 1. The average Bonchev–Trinajstić information content (AvgIpc) is 2.81. The molecule has 0 bridgehead atoms. The quantitative estimate of drug-likeness (QED) is 0.679. The van der Waals surface area contributed by atoms with Crippen molar-refractivity contribution in [2.75, 3.05) is 25.4 Å². The highest BCUT2D eigenvalue weighted by Gasteiger charge is 2.32. The van der Waals surface area contributed by atoms with E-state index in [0.717, 1.165) is 17.7 Å². The molecule has 0 saturated carbocycles. The van der Waals surface area contributed by atoms with E-state index in [1.54, 1.807) is 4.90 Å². The molecular weight excluding hydrogens is 321 g/mol. The zero-order valence-electron chi connectivity index (χ0n) is 13.2. The van der Waals surface area contributed by atoms with Gasteiger partial charge in [-0.15, -0.1) is 3.89 Å². The van der Waals surface area contributed by atoms with Gasteiger partial charge in [0.15, 0.2) is 0 Å². The lowest BCUT2D eigenvalue weighted by Crippen LogP contribution is -2.28. The molecule has 128 valence electrons. The molecule has 0 aliphatic carbocycles. The Kier molecular flexibility index (Phi) is 5.98. The van der Waals surface area contributed by atoms with E-state index in [2.05, 4.69) is 0 Å². The zero-order chi connectivity index (χ0) is 16.9. The van der Waals surface area contributed by atoms with Gasteiger partial charge in [0.05, 0.1) is 12.4 Å². The van der Waals surface area contributed by atoms with Gasteiger partial charge < -0.3 is 9.64 Å². The minimum Gasteiger partial charge on any atom is -0.494 e. The summed E-state index contributed by atoms with van der Waals surface area (Å²) in [7, 11) is -4.53. The highest BCUT2D eigenvalue weighted by atomic mass is 32.3. The predicted octanol–water partition coefficient (Wildman–Crippen LogP) is 2.17. The van der Waals surface area contributed by atoms with Gasteiger partial charge in [0.2, 0.25) is 5.91 Å². The number of rotatable bonds is 8. The molecule has 1 aromatic carbocycles. The van der Waals surface area contributed by atoms with Crippen LogP contribution < -0.4 is 4.74 Å². The SMILES string of the molecule is CCCOc1cccc(CCN2CC(CS(=O)(=O)F)CC2=O)c1. The van der Waals surface area contributed by atoms with Gasteiger partial charge in [-0.05, 0) is 30.5 Å². The van der Waals surface area contributed by atoms with E-state index < -0.39 is 21.9 Å². The monoisotopic (exact) mass is 343 g/mol. The number of amides is 1. The van der Waals surface area contributed by atoms with Crippen LogP contribution in [0.25, 0.3) is 0 Å². The van der Waals surface area contributed by atoms with Crippen molar-refractivity contribution in [3.05, 3.63) is 29.8 Å². The number of carbonyl (C=O) groups excluding carboxylic acids is 1. The van der Waals surface area contributed by atoms with E-state index in [4.69, 9.17) is 4.74 Å². The Labute approximate surface area is 136 Å². The first kappa shape index (κ1) is 17.7. The van der Waals surface area contributed by atoms with E-state index in [0.29, 0.717) is 26.1 Å². The van der Waals surface area contributed by atoms with Crippen LogP contribution >= 0.6 is 0 Å². The topological polar surface area (TPSA) is 63.7 Å². The molecule has 5 nitrogen and oxygen atoms in total. The third kappa shape index (κ3) is 5.82. The second-order valence-electron chi connectivity index (χ2n) is 5.86. The average molecular weight is 343 g/mol. The second-order valence-corrected chi connectivity index (χ2v) is 7.27. The Morgan fingerprint density at radius 2 is 2.17 bits per heavy atom. The molecular formula is C16H22FNO4S. The molecule has 0 radical (unpaired) electrons. The first-order valence-corrected chi connectivity index (χ1v) is 9.34. The van der Waals surface area contributed by atoms with Crippen LogP contribution in [-0.2, 0) is 21.4 Å². The Morgan fingerprint density at radius 1 is 1.39 bits per heavy atom. The highest BCUT2D eigenvalue weighted by Crippen LogP contribution is 2.21. The molecule has 7 heteroatoms. The fraction of sp³-hybridized carbons (Fsp3) is 0.562. The van der Waals surface area contributed by atoms with Gasteiger partial charge in [-0.1, -0.05) is 19.1 Å². The van der Waals surface area contributed by atoms with E-state index in [1.807, 2.05) is 31.2 Å². The molecule has 1 aliphatic heterocycles. The van der Waals surface area contributed by atoms with Gasteiger partial charge in [0.1, 0.15) is 5.75 Å². The minimum atomic E-state index is -4.53. The van der Waals surface area contributed by atoms with Gasteiger partial charge in [-0.25, -0.2) is 0 Å². The fourth-order valence-electron chi connectivity index (χ4n) is 2.74. The second kappa shape index (κ2) is 7.77. The Bertz CT molecular complexity index is 647. The third-order valence-electron chi connectivity index (χ3n) is 3.77. The molecule has 0 spiro atoms. The van der Waals surface area contributed by atoms with E-state index >= 15 is 0 Å². The van der Waals surface area contributed by atoms with E-state index in [-0.39, 0.29) is 12.3 Å². The Morgan fingerprint density at radius 3 is 2.87 bits per heavy atom. The molecule has 1 unspecified atom stereocenters. The van der Waals surface area contributed by atoms with Crippen molar-refractivity contribution in [3.63, 3.8) is 0 Å². The molecule has 1 atom stereocenters. The molecule has 1 amide bonds. The summed E-state index contributed by atoms with van der Waals surface area (Å²) in [5, 5.41) is 0. The van der Waals surface area contributed by atoms with Crippen LogP contribution in [0.4, 0.5) is 3.89 Å². The molecule has 0 N–H and O–H groups in total. The summed E-state index contributed by atoms with van der Waals surface area (Å²) in [6, 6.07) is 7.70. The lowest BCUT2D eigenvalue weighted by molar-refractivity contribution is -0.127. The van der Waals surface area contributed by atoms with Crippen LogP contribution in [0.5, 0.6) is 5.75 Å². The van der Waals surface area contributed by atoms with Gasteiger partial charge in [0, 0.05) is 25.4 Å². The summed E-state index contributed by atoms with van der Waals surface area (Å²) in [6.07, 6.45) is 1.69. The molecule has 1 heterocycles. The number of hydrogen-bond donors (Lipinski definition) is 0. The maximum atomic E-state index is 12.7. The van der Waals surface area contributed by atoms with Gasteiger partial charge in [-0.3, -0.25) is 4.79 Å². The van der Waals surface area contributed by atoms with Crippen LogP contribution in [0.1, 0.15) is 25.3 Å². The summed E-state index contributed by atoms with van der Waals surface area (Å²) in [5.41, 5.74) is 1.05. The number of nitrogens with zero attached hydrogens (tertiary/aromatic N) is 1. The summed E-state index contributed by atoms with van der Waals surface area (Å²) in [4.78, 5) is 13.5. The number of benzene rings is 1. The maximum absolute atomic E-state index is 12.7. The van der Waals surface area contributed by atoms with E-state index in [1.165, 1.54) is 0 Å². The highest BCUT2D eigenvalue weighted by molar-refractivity contribution is 7.86. The Balaban J connectivity index is 1.87. The molecule has 1 fully saturated rings. The first-order valence-electron chi connectivity index (χ1n) is 7.79. The van der Waals surface area contributed by atoms with Crippen molar-refractivity contribution in [3.8, 4) is 5.75 Å². The number of ether oxygens (including phenoxy) is 1. The van der Waals surface area contributed by atoms with Crippen LogP contribution in [-0.4, -0.2) is 44.7 Å². The summed E-state index contributed by atoms with van der Waals surface area (Å²) >= 11 is 0. The minimum absolute atomic E-state index is 0.100. The molecule has 1 aliphatic rings. The van der Waals surface area contributed by atoms with Crippen molar-refractivity contribution in [1.82, 2.24) is 4.90 Å². The fourth-order valence-corrected chi connectivity index (χ4v) is 3.52.